The first-order valence-electron chi connectivity index (χ1n) is 22.1. The molecule has 0 radical (unpaired) electrons. The van der Waals surface area contributed by atoms with Crippen LogP contribution in [-0.4, -0.2) is 88.1 Å². The Morgan fingerprint density at radius 1 is 0.576 bits per heavy atom. The molecule has 0 aromatic carbocycles. The smallest absolute Gasteiger partial charge is 0.462 e. The summed E-state index contributed by atoms with van der Waals surface area (Å²) >= 11 is 0. The van der Waals surface area contributed by atoms with Crippen LogP contribution in [0.3, 0.4) is 0 Å². The maximum atomic E-state index is 12.6. The average molecular weight is 855 g/mol. The van der Waals surface area contributed by atoms with Crippen molar-refractivity contribution in [3.05, 3.63) is 72.9 Å². The fraction of sp³-hybridized carbons (Fsp3) is 0.696. The lowest BCUT2D eigenvalue weighted by molar-refractivity contribution is -0.161. The molecule has 5 N–H and O–H groups in total. The second-order valence-electron chi connectivity index (χ2n) is 14.6. The van der Waals surface area contributed by atoms with E-state index in [1.54, 1.807) is 0 Å². The van der Waals surface area contributed by atoms with Gasteiger partial charge in [0.15, 0.2) is 6.10 Å². The number of allylic oxidation sites excluding steroid dienone is 11. The molecule has 1 unspecified atom stereocenters. The molecule has 0 amide bonds. The average Bonchev–Trinajstić information content (AvgIpc) is 3.22. The van der Waals surface area contributed by atoms with Gasteiger partial charge in [0, 0.05) is 12.8 Å². The van der Waals surface area contributed by atoms with Gasteiger partial charge >= 0.3 is 19.8 Å². The maximum absolute atomic E-state index is 12.6. The van der Waals surface area contributed by atoms with Crippen LogP contribution < -0.4 is 0 Å². The molecular formula is C46H79O12P. The predicted octanol–water partition coefficient (Wildman–Crippen LogP) is 9.61. The number of carbonyl (C=O) groups is 2. The highest BCUT2D eigenvalue weighted by Crippen LogP contribution is 2.43. The third-order valence-corrected chi connectivity index (χ3v) is 10.00. The molecule has 5 atom stereocenters. The predicted molar refractivity (Wildman–Crippen MR) is 235 cm³/mol. The van der Waals surface area contributed by atoms with Gasteiger partial charge in [0.2, 0.25) is 0 Å². The SMILES string of the molecule is CC/C=C\C/C=C\C/C=C\C/C=C\C/C=C\CCCCCC(=O)OC[C@H](COP(=O)(O)OC[C@@H](O)CO)OC(=O)CCCCCCC[C@H](O)[C@@H](O)C/C=C\CCCCC. The van der Waals surface area contributed by atoms with E-state index >= 15 is 0 Å². The van der Waals surface area contributed by atoms with Crippen LogP contribution in [0.15, 0.2) is 72.9 Å². The second-order valence-corrected chi connectivity index (χ2v) is 16.1. The fourth-order valence-corrected chi connectivity index (χ4v) is 6.30. The van der Waals surface area contributed by atoms with Gasteiger partial charge in [-0.2, -0.15) is 0 Å². The maximum Gasteiger partial charge on any atom is 0.472 e. The number of rotatable bonds is 40. The van der Waals surface area contributed by atoms with Crippen molar-refractivity contribution in [2.75, 3.05) is 26.4 Å². The Morgan fingerprint density at radius 2 is 1.08 bits per heavy atom. The first kappa shape index (κ1) is 56.3. The summed E-state index contributed by atoms with van der Waals surface area (Å²) in [6.07, 6.45) is 38.8. The van der Waals surface area contributed by atoms with Crippen LogP contribution in [0.2, 0.25) is 0 Å². The number of aliphatic hydroxyl groups excluding tert-OH is 4. The minimum atomic E-state index is -4.67. The highest BCUT2D eigenvalue weighted by molar-refractivity contribution is 7.47. The molecule has 59 heavy (non-hydrogen) atoms. The number of phosphoric ester groups is 1. The molecule has 0 aliphatic carbocycles. The lowest BCUT2D eigenvalue weighted by Crippen LogP contribution is -2.29. The first-order valence-corrected chi connectivity index (χ1v) is 23.6. The van der Waals surface area contributed by atoms with E-state index in [9.17, 15) is 34.4 Å². The third kappa shape index (κ3) is 39.2. The molecule has 0 rings (SSSR count). The first-order chi connectivity index (χ1) is 28.5. The molecule has 13 heteroatoms. The van der Waals surface area contributed by atoms with Gasteiger partial charge in [0.1, 0.15) is 12.7 Å². The Kier molecular flexibility index (Phi) is 38.9. The summed E-state index contributed by atoms with van der Waals surface area (Å²) in [5.74, 6) is -1.08. The monoisotopic (exact) mass is 855 g/mol. The van der Waals surface area contributed by atoms with E-state index in [1.165, 1.54) is 6.42 Å². The van der Waals surface area contributed by atoms with Gasteiger partial charge in [0.25, 0.3) is 0 Å². The molecule has 0 aliphatic heterocycles. The fourth-order valence-electron chi connectivity index (χ4n) is 5.51. The standard InChI is InChI=1S/C46H79O12P/c1-3-5-7-9-11-12-13-14-15-16-17-18-19-20-21-22-23-27-31-35-45(51)55-39-42(40-57-59(53,54)56-38-41(48)37-47)58-46(52)36-32-28-24-26-30-34-44(50)43(49)33-29-25-10-8-6-4-2/h5,7,11-12,14-15,17-18,20-21,25,29,41-44,47-50H,3-4,6,8-10,13,16,19,22-24,26-28,30-40H2,1-2H3,(H,53,54)/b7-5-,12-11-,15-14-,18-17-,21-20-,29-25-/t41-,42+,43-,44-/m0/s1. The molecule has 12 nitrogen and oxygen atoms in total. The van der Waals surface area contributed by atoms with E-state index in [2.05, 4.69) is 85.2 Å². The van der Waals surface area contributed by atoms with Gasteiger partial charge in [-0.25, -0.2) is 4.57 Å². The molecule has 0 aromatic rings. The zero-order valence-electron chi connectivity index (χ0n) is 36.2. The molecule has 0 aliphatic rings. The number of aliphatic hydroxyl groups is 4. The molecule has 0 bridgehead atoms. The normalized spacial score (nSPS) is 15.6. The lowest BCUT2D eigenvalue weighted by Gasteiger charge is -2.20. The highest BCUT2D eigenvalue weighted by atomic mass is 31.2. The quantitative estimate of drug-likeness (QED) is 0.0170. The van der Waals surface area contributed by atoms with Crippen molar-refractivity contribution in [2.45, 2.75) is 180 Å². The van der Waals surface area contributed by atoms with Gasteiger partial charge in [-0.3, -0.25) is 18.6 Å². The van der Waals surface area contributed by atoms with Crippen LogP contribution >= 0.6 is 7.82 Å². The Morgan fingerprint density at radius 3 is 1.69 bits per heavy atom. The Labute approximate surface area is 355 Å². The topological polar surface area (TPSA) is 189 Å². The third-order valence-electron chi connectivity index (χ3n) is 9.05. The molecule has 0 fully saturated rings. The van der Waals surface area contributed by atoms with E-state index in [0.717, 1.165) is 96.3 Å². The highest BCUT2D eigenvalue weighted by Gasteiger charge is 2.27. The van der Waals surface area contributed by atoms with Crippen molar-refractivity contribution in [1.29, 1.82) is 0 Å². The summed E-state index contributed by atoms with van der Waals surface area (Å²) in [4.78, 5) is 35.0. The van der Waals surface area contributed by atoms with Crippen molar-refractivity contribution in [1.82, 2.24) is 0 Å². The van der Waals surface area contributed by atoms with Gasteiger partial charge in [-0.1, -0.05) is 132 Å². The molecule has 0 saturated heterocycles. The van der Waals surface area contributed by atoms with E-state index in [4.69, 9.17) is 19.1 Å². The zero-order chi connectivity index (χ0) is 43.7. The van der Waals surface area contributed by atoms with Crippen molar-refractivity contribution in [2.24, 2.45) is 0 Å². The van der Waals surface area contributed by atoms with Crippen LogP contribution in [0.4, 0.5) is 0 Å². The minimum Gasteiger partial charge on any atom is -0.462 e. The largest absolute Gasteiger partial charge is 0.472 e. The second kappa shape index (κ2) is 40.7. The Hall–Kier alpha value is -2.67. The van der Waals surface area contributed by atoms with Gasteiger partial charge in [0.05, 0.1) is 32.0 Å². The van der Waals surface area contributed by atoms with Crippen LogP contribution in [0.25, 0.3) is 0 Å². The number of hydrogen-bond donors (Lipinski definition) is 5. The zero-order valence-corrected chi connectivity index (χ0v) is 37.1. The minimum absolute atomic E-state index is 0.0737. The van der Waals surface area contributed by atoms with Crippen LogP contribution in [-0.2, 0) is 32.7 Å². The summed E-state index contributed by atoms with van der Waals surface area (Å²) in [5.41, 5.74) is 0. The van der Waals surface area contributed by atoms with E-state index in [0.29, 0.717) is 25.7 Å². The van der Waals surface area contributed by atoms with Crippen molar-refractivity contribution < 1.29 is 58.0 Å². The number of unbranched alkanes of at least 4 members (excludes halogenated alkanes) is 10. The molecule has 0 aromatic heterocycles. The van der Waals surface area contributed by atoms with Crippen LogP contribution in [0.1, 0.15) is 155 Å². The van der Waals surface area contributed by atoms with E-state index < -0.39 is 64.0 Å². The number of ether oxygens (including phenoxy) is 2. The molecule has 340 valence electrons. The van der Waals surface area contributed by atoms with Crippen molar-refractivity contribution >= 4 is 19.8 Å². The Bertz CT molecular complexity index is 1240. The number of esters is 2. The van der Waals surface area contributed by atoms with Crippen LogP contribution in [0.5, 0.6) is 0 Å². The van der Waals surface area contributed by atoms with Gasteiger partial charge < -0.3 is 34.8 Å². The van der Waals surface area contributed by atoms with Crippen molar-refractivity contribution in [3.8, 4) is 0 Å². The van der Waals surface area contributed by atoms with Crippen LogP contribution in [0, 0.1) is 0 Å². The van der Waals surface area contributed by atoms with Crippen molar-refractivity contribution in [3.63, 3.8) is 0 Å². The molecular weight excluding hydrogens is 775 g/mol. The summed E-state index contributed by atoms with van der Waals surface area (Å²) < 4.78 is 32.6. The van der Waals surface area contributed by atoms with Gasteiger partial charge in [-0.05, 0) is 83.5 Å². The van der Waals surface area contributed by atoms with E-state index in [-0.39, 0.29) is 19.4 Å². The Balaban J connectivity index is 4.48. The summed E-state index contributed by atoms with van der Waals surface area (Å²) in [5, 5.41) is 38.8. The number of phosphoric acid groups is 1. The summed E-state index contributed by atoms with van der Waals surface area (Å²) in [6.45, 7) is 1.97. The molecule has 0 spiro atoms. The number of hydrogen-bond acceptors (Lipinski definition) is 11. The molecule has 0 heterocycles. The summed E-state index contributed by atoms with van der Waals surface area (Å²) in [6, 6.07) is 0. The molecule has 0 saturated carbocycles. The summed E-state index contributed by atoms with van der Waals surface area (Å²) in [7, 11) is -4.67. The lowest BCUT2D eigenvalue weighted by atomic mass is 10.0. The number of carbonyl (C=O) groups excluding carboxylic acids is 2. The van der Waals surface area contributed by atoms with E-state index in [1.807, 2.05) is 6.08 Å². The van der Waals surface area contributed by atoms with Gasteiger partial charge in [-0.15, -0.1) is 0 Å².